The molecule has 148 valence electrons. The number of benzene rings is 2. The van der Waals surface area contributed by atoms with E-state index in [0.29, 0.717) is 16.5 Å². The van der Waals surface area contributed by atoms with Crippen LogP contribution in [0.2, 0.25) is 5.02 Å². The zero-order chi connectivity index (χ0) is 20.6. The molecule has 0 atom stereocenters. The molecule has 1 fully saturated rings. The summed E-state index contributed by atoms with van der Waals surface area (Å²) in [5.74, 6) is 0.387. The van der Waals surface area contributed by atoms with Crippen LogP contribution in [-0.4, -0.2) is 21.4 Å². The molecule has 2 aromatic carbocycles. The molecule has 0 radical (unpaired) electrons. The molecule has 1 aliphatic rings. The molecular weight excluding hydrogens is 382 g/mol. The highest BCUT2D eigenvalue weighted by molar-refractivity contribution is 6.30. The van der Waals surface area contributed by atoms with Crippen molar-refractivity contribution < 1.29 is 4.79 Å². The molecule has 1 saturated carbocycles. The summed E-state index contributed by atoms with van der Waals surface area (Å²) >= 11 is 6.06. The van der Waals surface area contributed by atoms with E-state index in [-0.39, 0.29) is 11.4 Å². The van der Waals surface area contributed by atoms with E-state index in [1.807, 2.05) is 63.4 Å². The molecule has 1 amide bonds. The first-order valence-corrected chi connectivity index (χ1v) is 10.2. The van der Waals surface area contributed by atoms with Crippen LogP contribution in [0.1, 0.15) is 55.6 Å². The first-order valence-electron chi connectivity index (χ1n) is 9.84. The zero-order valence-corrected chi connectivity index (χ0v) is 17.6. The van der Waals surface area contributed by atoms with Crippen LogP contribution in [0.4, 0.5) is 0 Å². The van der Waals surface area contributed by atoms with Crippen molar-refractivity contribution in [3.05, 3.63) is 71.3 Å². The molecule has 0 unspecified atom stereocenters. The van der Waals surface area contributed by atoms with Crippen molar-refractivity contribution in [2.45, 2.75) is 45.1 Å². The lowest BCUT2D eigenvalue weighted by Gasteiger charge is -2.21. The van der Waals surface area contributed by atoms with Crippen LogP contribution >= 0.6 is 11.6 Å². The standard InChI is InChI=1S/C24H24ClN3O/c1-24(2,3)28-23(29)19-11-17(15-6-8-20(25)9-7-15)10-18(12-19)21-13-26-14-27-22(21)16-4-5-16/h6-14,16H,4-5H2,1-3H3,(H,28,29). The Bertz CT molecular complexity index is 1050. The Morgan fingerprint density at radius 2 is 1.72 bits per heavy atom. The lowest BCUT2D eigenvalue weighted by atomic mass is 9.94. The molecule has 1 N–H and O–H groups in total. The number of carbonyl (C=O) groups is 1. The van der Waals surface area contributed by atoms with Gasteiger partial charge in [-0.3, -0.25) is 4.79 Å². The van der Waals surface area contributed by atoms with Gasteiger partial charge in [0, 0.05) is 33.8 Å². The maximum Gasteiger partial charge on any atom is 0.251 e. The van der Waals surface area contributed by atoms with Gasteiger partial charge in [0.05, 0.1) is 5.69 Å². The van der Waals surface area contributed by atoms with Crippen LogP contribution in [0.15, 0.2) is 55.0 Å². The van der Waals surface area contributed by atoms with Crippen molar-refractivity contribution in [1.82, 2.24) is 15.3 Å². The molecule has 0 saturated heterocycles. The molecule has 0 aliphatic heterocycles. The van der Waals surface area contributed by atoms with Crippen molar-refractivity contribution in [1.29, 1.82) is 0 Å². The Kier molecular flexibility index (Phi) is 5.13. The van der Waals surface area contributed by atoms with E-state index in [9.17, 15) is 4.79 Å². The fourth-order valence-corrected chi connectivity index (χ4v) is 3.51. The summed E-state index contributed by atoms with van der Waals surface area (Å²) in [6.07, 6.45) is 5.76. The highest BCUT2D eigenvalue weighted by atomic mass is 35.5. The van der Waals surface area contributed by atoms with Gasteiger partial charge in [0.25, 0.3) is 5.91 Å². The van der Waals surface area contributed by atoms with Crippen molar-refractivity contribution in [2.75, 3.05) is 0 Å². The number of amides is 1. The quantitative estimate of drug-likeness (QED) is 0.590. The van der Waals surface area contributed by atoms with Gasteiger partial charge < -0.3 is 5.32 Å². The molecule has 4 rings (SSSR count). The summed E-state index contributed by atoms with van der Waals surface area (Å²) in [4.78, 5) is 21.7. The number of nitrogens with one attached hydrogen (secondary N) is 1. The van der Waals surface area contributed by atoms with E-state index in [0.717, 1.165) is 40.8 Å². The van der Waals surface area contributed by atoms with Crippen molar-refractivity contribution >= 4 is 17.5 Å². The Labute approximate surface area is 176 Å². The number of hydrogen-bond acceptors (Lipinski definition) is 3. The fraction of sp³-hybridized carbons (Fsp3) is 0.292. The predicted octanol–water partition coefficient (Wildman–Crippen LogP) is 5.87. The highest BCUT2D eigenvalue weighted by Gasteiger charge is 2.28. The van der Waals surface area contributed by atoms with E-state index in [4.69, 9.17) is 11.6 Å². The number of rotatable bonds is 4. The largest absolute Gasteiger partial charge is 0.347 e. The van der Waals surface area contributed by atoms with Crippen LogP contribution in [0.3, 0.4) is 0 Å². The monoisotopic (exact) mass is 405 g/mol. The number of halogens is 1. The maximum absolute atomic E-state index is 12.9. The second-order valence-electron chi connectivity index (χ2n) is 8.61. The molecule has 0 bridgehead atoms. The number of carbonyl (C=O) groups excluding carboxylic acids is 1. The topological polar surface area (TPSA) is 54.9 Å². The highest BCUT2D eigenvalue weighted by Crippen LogP contribution is 2.43. The van der Waals surface area contributed by atoms with Gasteiger partial charge >= 0.3 is 0 Å². The van der Waals surface area contributed by atoms with Gasteiger partial charge in [-0.05, 0) is 80.6 Å². The van der Waals surface area contributed by atoms with Crippen molar-refractivity contribution in [3.8, 4) is 22.3 Å². The van der Waals surface area contributed by atoms with Crippen LogP contribution < -0.4 is 5.32 Å². The third-order valence-corrected chi connectivity index (χ3v) is 5.13. The third-order valence-electron chi connectivity index (χ3n) is 4.88. The van der Waals surface area contributed by atoms with Gasteiger partial charge in [0.15, 0.2) is 0 Å². The average molecular weight is 406 g/mol. The first-order chi connectivity index (χ1) is 13.8. The van der Waals surface area contributed by atoms with Gasteiger partial charge in [-0.2, -0.15) is 0 Å². The average Bonchev–Trinajstić information content (AvgIpc) is 3.52. The van der Waals surface area contributed by atoms with Crippen molar-refractivity contribution in [3.63, 3.8) is 0 Å². The summed E-state index contributed by atoms with van der Waals surface area (Å²) in [6, 6.07) is 13.6. The molecular formula is C24H24ClN3O. The predicted molar refractivity (Wildman–Crippen MR) is 117 cm³/mol. The van der Waals surface area contributed by atoms with Gasteiger partial charge in [0.1, 0.15) is 6.33 Å². The first kappa shape index (κ1) is 19.6. The van der Waals surface area contributed by atoms with Crippen LogP contribution in [0.5, 0.6) is 0 Å². The molecule has 3 aromatic rings. The van der Waals surface area contributed by atoms with Gasteiger partial charge in [-0.25, -0.2) is 9.97 Å². The number of hydrogen-bond donors (Lipinski definition) is 1. The number of aromatic nitrogens is 2. The Morgan fingerprint density at radius 1 is 1.03 bits per heavy atom. The lowest BCUT2D eigenvalue weighted by molar-refractivity contribution is 0.0919. The fourth-order valence-electron chi connectivity index (χ4n) is 3.38. The summed E-state index contributed by atoms with van der Waals surface area (Å²) < 4.78 is 0. The van der Waals surface area contributed by atoms with Crippen LogP contribution in [-0.2, 0) is 0 Å². The van der Waals surface area contributed by atoms with Gasteiger partial charge in [-0.15, -0.1) is 0 Å². The lowest BCUT2D eigenvalue weighted by Crippen LogP contribution is -2.40. The van der Waals surface area contributed by atoms with Crippen molar-refractivity contribution in [2.24, 2.45) is 0 Å². The normalized spacial score (nSPS) is 13.9. The van der Waals surface area contributed by atoms with Gasteiger partial charge in [0.2, 0.25) is 0 Å². The molecule has 5 heteroatoms. The molecule has 1 aliphatic carbocycles. The smallest absolute Gasteiger partial charge is 0.251 e. The maximum atomic E-state index is 12.9. The molecule has 29 heavy (non-hydrogen) atoms. The second-order valence-corrected chi connectivity index (χ2v) is 9.04. The minimum Gasteiger partial charge on any atom is -0.347 e. The summed E-state index contributed by atoms with van der Waals surface area (Å²) in [7, 11) is 0. The third kappa shape index (κ3) is 4.65. The molecule has 4 nitrogen and oxygen atoms in total. The van der Waals surface area contributed by atoms with E-state index in [1.54, 1.807) is 6.33 Å². The minimum atomic E-state index is -0.317. The van der Waals surface area contributed by atoms with E-state index in [2.05, 4.69) is 21.4 Å². The summed E-state index contributed by atoms with van der Waals surface area (Å²) in [5.41, 5.74) is 5.29. The van der Waals surface area contributed by atoms with Crippen LogP contribution in [0.25, 0.3) is 22.3 Å². The van der Waals surface area contributed by atoms with Gasteiger partial charge in [-0.1, -0.05) is 23.7 Å². The SMILES string of the molecule is CC(C)(C)NC(=O)c1cc(-c2ccc(Cl)cc2)cc(-c2cncnc2C2CC2)c1. The Morgan fingerprint density at radius 3 is 2.38 bits per heavy atom. The minimum absolute atomic E-state index is 0.0978. The van der Waals surface area contributed by atoms with E-state index < -0.39 is 0 Å². The Hall–Kier alpha value is -2.72. The molecule has 0 spiro atoms. The summed E-state index contributed by atoms with van der Waals surface area (Å²) in [6.45, 7) is 5.93. The second kappa shape index (κ2) is 7.60. The Balaban J connectivity index is 1.84. The van der Waals surface area contributed by atoms with E-state index >= 15 is 0 Å². The van der Waals surface area contributed by atoms with Crippen LogP contribution in [0, 0.1) is 0 Å². The molecule has 1 aromatic heterocycles. The number of nitrogens with zero attached hydrogens (tertiary/aromatic N) is 2. The summed E-state index contributed by atoms with van der Waals surface area (Å²) in [5, 5.41) is 3.74. The molecule has 1 heterocycles. The zero-order valence-electron chi connectivity index (χ0n) is 16.9. The van der Waals surface area contributed by atoms with E-state index in [1.165, 1.54) is 0 Å².